The van der Waals surface area contributed by atoms with Gasteiger partial charge < -0.3 is 4.57 Å². The molecule has 0 bridgehead atoms. The highest BCUT2D eigenvalue weighted by Gasteiger charge is 2.17. The highest BCUT2D eigenvalue weighted by molar-refractivity contribution is 6.31. The van der Waals surface area contributed by atoms with E-state index in [1.54, 1.807) is 0 Å². The van der Waals surface area contributed by atoms with Gasteiger partial charge in [-0.05, 0) is 37.1 Å². The summed E-state index contributed by atoms with van der Waals surface area (Å²) in [7, 11) is 0. The van der Waals surface area contributed by atoms with Gasteiger partial charge in [-0.25, -0.2) is 0 Å². The minimum Gasteiger partial charge on any atom is -0.338 e. The van der Waals surface area contributed by atoms with Crippen LogP contribution in [-0.4, -0.2) is 9.55 Å². The molecule has 2 aromatic carbocycles. The van der Waals surface area contributed by atoms with E-state index < -0.39 is 0 Å². The van der Waals surface area contributed by atoms with Crippen molar-refractivity contribution in [2.75, 3.05) is 0 Å². The summed E-state index contributed by atoms with van der Waals surface area (Å²) in [6.07, 6.45) is 1.90. The zero-order valence-electron chi connectivity index (χ0n) is 14.3. The monoisotopic (exact) mass is 346 g/mol. The summed E-state index contributed by atoms with van der Waals surface area (Å²) >= 11 is 6.41. The SMILES string of the molecule is Cc1c(C)n(Cc2ccccc2Cl)c2c(-c3ccccc3)nccc12. The van der Waals surface area contributed by atoms with Crippen LogP contribution in [0.5, 0.6) is 0 Å². The Balaban J connectivity index is 1.98. The lowest BCUT2D eigenvalue weighted by molar-refractivity contribution is 0.800. The molecule has 2 nitrogen and oxygen atoms in total. The molecule has 4 rings (SSSR count). The van der Waals surface area contributed by atoms with Crippen molar-refractivity contribution in [2.24, 2.45) is 0 Å². The van der Waals surface area contributed by atoms with E-state index in [9.17, 15) is 0 Å². The Hall–Kier alpha value is -2.58. The van der Waals surface area contributed by atoms with Gasteiger partial charge in [0.15, 0.2) is 0 Å². The number of fused-ring (bicyclic) bond motifs is 1. The van der Waals surface area contributed by atoms with Crippen LogP contribution in [0.15, 0.2) is 66.9 Å². The van der Waals surface area contributed by atoms with Gasteiger partial charge in [-0.15, -0.1) is 0 Å². The summed E-state index contributed by atoms with van der Waals surface area (Å²) in [5.74, 6) is 0. The summed E-state index contributed by atoms with van der Waals surface area (Å²) in [6.45, 7) is 5.08. The number of benzene rings is 2. The molecule has 2 aromatic heterocycles. The molecular weight excluding hydrogens is 328 g/mol. The third kappa shape index (κ3) is 2.73. The molecule has 4 aromatic rings. The summed E-state index contributed by atoms with van der Waals surface area (Å²) in [6, 6.07) is 20.5. The Kier molecular flexibility index (Phi) is 4.06. The standard InChI is InChI=1S/C22H19ClN2/c1-15-16(2)25(14-18-10-6-7-11-20(18)23)22-19(15)12-13-24-21(22)17-8-4-3-5-9-17/h3-13H,14H2,1-2H3. The molecule has 124 valence electrons. The molecule has 3 heteroatoms. The smallest absolute Gasteiger partial charge is 0.0945 e. The molecule has 0 aliphatic carbocycles. The number of hydrogen-bond donors (Lipinski definition) is 0. The second kappa shape index (κ2) is 6.38. The third-order valence-electron chi connectivity index (χ3n) is 4.88. The fourth-order valence-corrected chi connectivity index (χ4v) is 3.59. The number of halogens is 1. The number of aryl methyl sites for hydroxylation is 1. The van der Waals surface area contributed by atoms with E-state index in [2.05, 4.69) is 54.8 Å². The fraction of sp³-hybridized carbons (Fsp3) is 0.136. The van der Waals surface area contributed by atoms with E-state index >= 15 is 0 Å². The van der Waals surface area contributed by atoms with Gasteiger partial charge in [-0.2, -0.15) is 0 Å². The van der Waals surface area contributed by atoms with E-state index in [4.69, 9.17) is 16.6 Å². The number of pyridine rings is 1. The molecule has 0 atom stereocenters. The van der Waals surface area contributed by atoms with Crippen molar-refractivity contribution >= 4 is 22.5 Å². The van der Waals surface area contributed by atoms with E-state index in [0.717, 1.165) is 28.4 Å². The molecule has 0 unspecified atom stereocenters. The van der Waals surface area contributed by atoms with Crippen LogP contribution in [0.2, 0.25) is 5.02 Å². The van der Waals surface area contributed by atoms with Crippen LogP contribution >= 0.6 is 11.6 Å². The molecule has 0 spiro atoms. The van der Waals surface area contributed by atoms with Crippen LogP contribution < -0.4 is 0 Å². The van der Waals surface area contributed by atoms with Gasteiger partial charge in [0.05, 0.1) is 11.2 Å². The predicted molar refractivity (Wildman–Crippen MR) is 105 cm³/mol. The molecule has 0 aliphatic rings. The number of aromatic nitrogens is 2. The van der Waals surface area contributed by atoms with Crippen LogP contribution in [0.1, 0.15) is 16.8 Å². The van der Waals surface area contributed by atoms with Gasteiger partial charge >= 0.3 is 0 Å². The van der Waals surface area contributed by atoms with E-state index in [0.29, 0.717) is 0 Å². The first-order valence-electron chi connectivity index (χ1n) is 8.40. The second-order valence-electron chi connectivity index (χ2n) is 6.31. The number of nitrogens with zero attached hydrogens (tertiary/aromatic N) is 2. The van der Waals surface area contributed by atoms with Crippen molar-refractivity contribution in [1.29, 1.82) is 0 Å². The van der Waals surface area contributed by atoms with Crippen molar-refractivity contribution < 1.29 is 0 Å². The summed E-state index contributed by atoms with van der Waals surface area (Å²) in [4.78, 5) is 4.70. The summed E-state index contributed by atoms with van der Waals surface area (Å²) < 4.78 is 2.33. The van der Waals surface area contributed by atoms with Gasteiger partial charge in [0, 0.05) is 34.4 Å². The van der Waals surface area contributed by atoms with E-state index in [1.807, 2.05) is 30.5 Å². The van der Waals surface area contributed by atoms with E-state index in [1.165, 1.54) is 22.2 Å². The second-order valence-corrected chi connectivity index (χ2v) is 6.72. The molecule has 0 radical (unpaired) electrons. The predicted octanol–water partition coefficient (Wildman–Crippen LogP) is 6.02. The third-order valence-corrected chi connectivity index (χ3v) is 5.25. The molecule has 25 heavy (non-hydrogen) atoms. The van der Waals surface area contributed by atoms with Crippen molar-refractivity contribution in [3.8, 4) is 11.3 Å². The van der Waals surface area contributed by atoms with E-state index in [-0.39, 0.29) is 0 Å². The van der Waals surface area contributed by atoms with Gasteiger partial charge in [0.25, 0.3) is 0 Å². The minimum atomic E-state index is 0.737. The average molecular weight is 347 g/mol. The highest BCUT2D eigenvalue weighted by atomic mass is 35.5. The average Bonchev–Trinajstić information content (AvgIpc) is 2.89. The topological polar surface area (TPSA) is 17.8 Å². The van der Waals surface area contributed by atoms with Crippen molar-refractivity contribution in [1.82, 2.24) is 9.55 Å². The maximum Gasteiger partial charge on any atom is 0.0945 e. The van der Waals surface area contributed by atoms with Crippen LogP contribution in [-0.2, 0) is 6.54 Å². The lowest BCUT2D eigenvalue weighted by Gasteiger charge is -2.12. The molecule has 0 amide bonds. The maximum atomic E-state index is 6.41. The summed E-state index contributed by atoms with van der Waals surface area (Å²) in [5, 5.41) is 2.05. The molecule has 0 fully saturated rings. The summed E-state index contributed by atoms with van der Waals surface area (Å²) in [5.41, 5.74) is 6.98. The van der Waals surface area contributed by atoms with Crippen molar-refractivity contribution in [2.45, 2.75) is 20.4 Å². The van der Waals surface area contributed by atoms with Crippen LogP contribution in [0.3, 0.4) is 0 Å². The Morgan fingerprint density at radius 3 is 2.40 bits per heavy atom. The maximum absolute atomic E-state index is 6.41. The van der Waals surface area contributed by atoms with Crippen LogP contribution in [0.25, 0.3) is 22.2 Å². The fourth-order valence-electron chi connectivity index (χ4n) is 3.40. The largest absolute Gasteiger partial charge is 0.338 e. The highest BCUT2D eigenvalue weighted by Crippen LogP contribution is 2.33. The van der Waals surface area contributed by atoms with Gasteiger partial charge in [0.2, 0.25) is 0 Å². The molecule has 0 aliphatic heterocycles. The first-order chi connectivity index (χ1) is 12.2. The Morgan fingerprint density at radius 2 is 1.64 bits per heavy atom. The molecule has 2 heterocycles. The normalized spacial score (nSPS) is 11.2. The Morgan fingerprint density at radius 1 is 0.920 bits per heavy atom. The minimum absolute atomic E-state index is 0.737. The first kappa shape index (κ1) is 15.9. The number of hydrogen-bond acceptors (Lipinski definition) is 1. The molecule has 0 saturated heterocycles. The van der Waals surface area contributed by atoms with Gasteiger partial charge in [-0.3, -0.25) is 4.98 Å². The molecule has 0 saturated carbocycles. The van der Waals surface area contributed by atoms with Crippen LogP contribution in [0.4, 0.5) is 0 Å². The lowest BCUT2D eigenvalue weighted by Crippen LogP contribution is -2.04. The first-order valence-corrected chi connectivity index (χ1v) is 8.78. The lowest BCUT2D eigenvalue weighted by atomic mass is 10.1. The van der Waals surface area contributed by atoms with Crippen molar-refractivity contribution in [3.05, 3.63) is 88.7 Å². The molecular formula is C22H19ClN2. The van der Waals surface area contributed by atoms with Gasteiger partial charge in [-0.1, -0.05) is 60.1 Å². The quantitative estimate of drug-likeness (QED) is 0.443. The number of rotatable bonds is 3. The van der Waals surface area contributed by atoms with Crippen LogP contribution in [0, 0.1) is 13.8 Å². The molecule has 0 N–H and O–H groups in total. The Bertz CT molecular complexity index is 1050. The zero-order valence-corrected chi connectivity index (χ0v) is 15.1. The van der Waals surface area contributed by atoms with Gasteiger partial charge in [0.1, 0.15) is 0 Å². The Labute approximate surface area is 152 Å². The van der Waals surface area contributed by atoms with Crippen molar-refractivity contribution in [3.63, 3.8) is 0 Å². The zero-order chi connectivity index (χ0) is 17.4.